The standard InChI is InChI=1S/C8H19NO4P.Mg.2H/c1-9(2,3)4-8(12)14(13)6-7(11)5-10;;;/h7,10-11,13H,4-6H2,1-3H3;;;/q+1;+2;2*-1. The number of carbonyl (C=O) groups is 1. The summed E-state index contributed by atoms with van der Waals surface area (Å²) in [6.07, 6.45) is -1.03. The van der Waals surface area contributed by atoms with E-state index in [4.69, 9.17) is 10.2 Å². The summed E-state index contributed by atoms with van der Waals surface area (Å²) in [4.78, 5) is 20.8. The molecule has 0 aliphatic carbocycles. The minimum absolute atomic E-state index is 0. The second kappa shape index (κ2) is 7.90. The Morgan fingerprint density at radius 1 is 1.47 bits per heavy atom. The maximum Gasteiger partial charge on any atom is 2.00 e. The number of hydrogen-bond acceptors (Lipinski definition) is 4. The average molecular weight is 251 g/mol. The Morgan fingerprint density at radius 2 is 1.93 bits per heavy atom. The normalized spacial score (nSPS) is 15.3. The monoisotopic (exact) mass is 250 g/mol. The van der Waals surface area contributed by atoms with Gasteiger partial charge in [0.15, 0.2) is 0 Å². The van der Waals surface area contributed by atoms with Gasteiger partial charge in [-0.1, -0.05) is 0 Å². The van der Waals surface area contributed by atoms with Gasteiger partial charge in [0.25, 0.3) is 0 Å². The summed E-state index contributed by atoms with van der Waals surface area (Å²) < 4.78 is 0.452. The largest absolute Gasteiger partial charge is 2.00 e. The topological polar surface area (TPSA) is 77.8 Å². The molecular weight excluding hydrogens is 229 g/mol. The maximum absolute atomic E-state index is 11.4. The smallest absolute Gasteiger partial charge is 1.00 e. The van der Waals surface area contributed by atoms with Gasteiger partial charge in [0, 0.05) is 6.16 Å². The first kappa shape index (κ1) is 18.1. The summed E-state index contributed by atoms with van der Waals surface area (Å²) in [5.41, 5.74) is -0.250. The van der Waals surface area contributed by atoms with Crippen LogP contribution in [-0.2, 0) is 4.79 Å². The SMILES string of the molecule is C[N+](C)(C)CC(=O)P(O)CC(O)CO.[H-].[H-].[Mg+2]. The number of aliphatic hydroxyl groups is 2. The number of likely N-dealkylation sites (N-methyl/N-ethyl adjacent to an activating group) is 1. The van der Waals surface area contributed by atoms with E-state index in [0.717, 1.165) is 0 Å². The van der Waals surface area contributed by atoms with Gasteiger partial charge in [0.1, 0.15) is 14.7 Å². The van der Waals surface area contributed by atoms with E-state index in [1.54, 1.807) is 0 Å². The average Bonchev–Trinajstić information content (AvgIpc) is 2.00. The Labute approximate surface area is 111 Å². The van der Waals surface area contributed by atoms with E-state index in [2.05, 4.69) is 0 Å². The van der Waals surface area contributed by atoms with Crippen molar-refractivity contribution in [1.82, 2.24) is 0 Å². The van der Waals surface area contributed by atoms with E-state index in [1.807, 2.05) is 21.1 Å². The molecule has 0 fully saturated rings. The van der Waals surface area contributed by atoms with Crippen LogP contribution < -0.4 is 0 Å². The Kier molecular flexibility index (Phi) is 9.52. The van der Waals surface area contributed by atoms with Gasteiger partial charge in [-0.15, -0.1) is 0 Å². The molecule has 0 aliphatic heterocycles. The van der Waals surface area contributed by atoms with E-state index in [9.17, 15) is 9.69 Å². The van der Waals surface area contributed by atoms with Gasteiger partial charge in [-0.3, -0.25) is 4.79 Å². The van der Waals surface area contributed by atoms with Gasteiger partial charge in [0.2, 0.25) is 5.52 Å². The molecule has 0 heterocycles. The van der Waals surface area contributed by atoms with Crippen molar-refractivity contribution in [3.05, 3.63) is 0 Å². The van der Waals surface area contributed by atoms with Crippen molar-refractivity contribution < 1.29 is 27.2 Å². The molecule has 7 heteroatoms. The van der Waals surface area contributed by atoms with Gasteiger partial charge >= 0.3 is 23.1 Å². The molecule has 15 heavy (non-hydrogen) atoms. The molecule has 5 nitrogen and oxygen atoms in total. The number of aliphatic hydroxyl groups excluding tert-OH is 2. The molecule has 0 spiro atoms. The summed E-state index contributed by atoms with van der Waals surface area (Å²) in [6, 6.07) is 0. The molecule has 0 saturated carbocycles. The van der Waals surface area contributed by atoms with E-state index >= 15 is 0 Å². The van der Waals surface area contributed by atoms with Crippen molar-refractivity contribution in [2.24, 2.45) is 0 Å². The third-order valence-electron chi connectivity index (χ3n) is 1.49. The number of nitrogens with zero attached hydrogens (tertiary/aromatic N) is 1. The van der Waals surface area contributed by atoms with Gasteiger partial charge in [0.05, 0.1) is 33.9 Å². The molecule has 88 valence electrons. The fourth-order valence-corrected chi connectivity index (χ4v) is 2.15. The van der Waals surface area contributed by atoms with Crippen LogP contribution in [0.1, 0.15) is 2.85 Å². The summed E-state index contributed by atoms with van der Waals surface area (Å²) in [7, 11) is 3.74. The number of quaternary nitrogens is 1. The van der Waals surface area contributed by atoms with Gasteiger partial charge in [-0.2, -0.15) is 0 Å². The summed E-state index contributed by atoms with van der Waals surface area (Å²) in [6.45, 7) is -0.183. The molecule has 2 atom stereocenters. The third kappa shape index (κ3) is 9.62. The van der Waals surface area contributed by atoms with Crippen molar-refractivity contribution in [3.8, 4) is 0 Å². The summed E-state index contributed by atoms with van der Waals surface area (Å²) in [5.74, 6) is 0. The molecule has 0 rings (SSSR count). The van der Waals surface area contributed by atoms with Crippen LogP contribution in [-0.4, -0.2) is 94.7 Å². The van der Waals surface area contributed by atoms with Crippen LogP contribution in [0.2, 0.25) is 0 Å². The Hall–Kier alpha value is 0.706. The van der Waals surface area contributed by atoms with Crippen LogP contribution in [0.15, 0.2) is 0 Å². The van der Waals surface area contributed by atoms with Crippen LogP contribution in [0.4, 0.5) is 0 Å². The number of hydrogen-bond donors (Lipinski definition) is 3. The Bertz CT molecular complexity index is 206. The van der Waals surface area contributed by atoms with Crippen molar-refractivity contribution in [2.45, 2.75) is 6.10 Å². The molecule has 0 saturated heterocycles. The molecule has 0 bridgehead atoms. The van der Waals surface area contributed by atoms with E-state index in [1.165, 1.54) is 0 Å². The zero-order valence-corrected chi connectivity index (χ0v) is 11.9. The Morgan fingerprint density at radius 3 is 2.27 bits per heavy atom. The van der Waals surface area contributed by atoms with Crippen LogP contribution >= 0.6 is 8.15 Å². The predicted octanol–water partition coefficient (Wildman–Crippen LogP) is -1.19. The second-order valence-corrected chi connectivity index (χ2v) is 5.92. The van der Waals surface area contributed by atoms with Gasteiger partial charge in [-0.25, -0.2) is 0 Å². The van der Waals surface area contributed by atoms with E-state index in [0.29, 0.717) is 4.48 Å². The molecule has 3 N–H and O–H groups in total. The quantitative estimate of drug-likeness (QED) is 0.315. The molecule has 0 aromatic heterocycles. The number of rotatable bonds is 6. The summed E-state index contributed by atoms with van der Waals surface area (Å²) in [5, 5.41) is 17.6. The Balaban J connectivity index is -0.000000282. The first-order valence-corrected chi connectivity index (χ1v) is 5.83. The minimum atomic E-state index is -1.82. The second-order valence-electron chi connectivity index (χ2n) is 4.26. The number of carbonyl (C=O) groups excluding carboxylic acids is 1. The minimum Gasteiger partial charge on any atom is -1.00 e. The zero-order valence-electron chi connectivity index (χ0n) is 11.6. The summed E-state index contributed by atoms with van der Waals surface area (Å²) >= 11 is 0. The molecule has 0 aliphatic rings. The first-order chi connectivity index (χ1) is 6.26. The molecule has 0 aromatic rings. The van der Waals surface area contributed by atoms with Crippen molar-refractivity contribution in [3.63, 3.8) is 0 Å². The van der Waals surface area contributed by atoms with Crippen LogP contribution in [0.5, 0.6) is 0 Å². The van der Waals surface area contributed by atoms with Crippen LogP contribution in [0, 0.1) is 0 Å². The molecular formula is C8H21MgNO4P+. The van der Waals surface area contributed by atoms with Crippen molar-refractivity contribution in [2.75, 3.05) is 40.5 Å². The molecule has 0 radical (unpaired) electrons. The van der Waals surface area contributed by atoms with Gasteiger partial charge in [-0.05, 0) is 0 Å². The molecule has 0 amide bonds. The van der Waals surface area contributed by atoms with Gasteiger partial charge < -0.3 is 22.4 Å². The fourth-order valence-electron chi connectivity index (χ4n) is 0.847. The third-order valence-corrected chi connectivity index (χ3v) is 2.98. The van der Waals surface area contributed by atoms with E-state index < -0.39 is 20.9 Å². The molecule has 2 unspecified atom stereocenters. The molecule has 0 aromatic carbocycles. The van der Waals surface area contributed by atoms with Crippen LogP contribution in [0.25, 0.3) is 0 Å². The zero-order chi connectivity index (χ0) is 11.4. The fraction of sp³-hybridized carbons (Fsp3) is 0.875. The van der Waals surface area contributed by atoms with Crippen molar-refractivity contribution >= 4 is 36.7 Å². The van der Waals surface area contributed by atoms with E-state index in [-0.39, 0.29) is 44.1 Å². The maximum atomic E-state index is 11.4. The van der Waals surface area contributed by atoms with Crippen molar-refractivity contribution in [1.29, 1.82) is 0 Å². The predicted molar refractivity (Wildman–Crippen MR) is 63.0 cm³/mol. The first-order valence-electron chi connectivity index (χ1n) is 4.35. The van der Waals surface area contributed by atoms with Crippen LogP contribution in [0.3, 0.4) is 0 Å².